The molecule has 0 bridgehead atoms. The molecule has 0 spiro atoms. The maximum absolute atomic E-state index is 12.0. The molecule has 17 heavy (non-hydrogen) atoms. The minimum absolute atomic E-state index is 0.00394. The fraction of sp³-hybridized carbons (Fsp3) is 0.900. The molecule has 2 unspecified atom stereocenters. The normalized spacial score (nSPS) is 24.5. The Morgan fingerprint density at radius 2 is 2.24 bits per heavy atom. The summed E-state index contributed by atoms with van der Waals surface area (Å²) < 4.78 is 22.8. The highest BCUT2D eigenvalue weighted by atomic mass is 32.2. The van der Waals surface area contributed by atoms with Crippen LogP contribution in [0.3, 0.4) is 0 Å². The zero-order valence-electron chi connectivity index (χ0n) is 10.0. The number of rotatable bonds is 5. The van der Waals surface area contributed by atoms with E-state index in [0.717, 1.165) is 0 Å². The largest absolute Gasteiger partial charge is 0.395 e. The van der Waals surface area contributed by atoms with E-state index in [2.05, 4.69) is 0 Å². The molecule has 1 amide bonds. The number of nitrogens with zero attached hydrogens (tertiary/aromatic N) is 1. The maximum Gasteiger partial charge on any atom is 0.227 e. The summed E-state index contributed by atoms with van der Waals surface area (Å²) in [5.74, 6) is -0.409. The second kappa shape index (κ2) is 5.79. The number of carbonyl (C=O) groups is 1. The summed E-state index contributed by atoms with van der Waals surface area (Å²) in [6.07, 6.45) is 0.450. The topological polar surface area (TPSA) is 101 Å². The molecule has 2 atom stereocenters. The summed E-state index contributed by atoms with van der Waals surface area (Å²) in [5, 5.41) is 8.96. The molecule has 0 saturated carbocycles. The van der Waals surface area contributed by atoms with Gasteiger partial charge in [-0.05, 0) is 6.42 Å². The Morgan fingerprint density at radius 3 is 2.65 bits per heavy atom. The van der Waals surface area contributed by atoms with E-state index in [-0.39, 0.29) is 49.1 Å². The smallest absolute Gasteiger partial charge is 0.227 e. The van der Waals surface area contributed by atoms with Crippen LogP contribution in [0.1, 0.15) is 13.3 Å². The molecule has 0 aliphatic carbocycles. The lowest BCUT2D eigenvalue weighted by atomic mass is 10.1. The Balaban J connectivity index is 2.76. The molecule has 1 rings (SSSR count). The van der Waals surface area contributed by atoms with E-state index in [9.17, 15) is 13.2 Å². The minimum atomic E-state index is -3.03. The highest BCUT2D eigenvalue weighted by molar-refractivity contribution is 7.91. The number of carbonyl (C=O) groups excluding carboxylic acids is 1. The molecule has 0 aromatic rings. The van der Waals surface area contributed by atoms with Gasteiger partial charge in [-0.25, -0.2) is 8.42 Å². The maximum atomic E-state index is 12.0. The second-order valence-electron chi connectivity index (χ2n) is 4.45. The van der Waals surface area contributed by atoms with Crippen LogP contribution < -0.4 is 5.73 Å². The van der Waals surface area contributed by atoms with Crippen molar-refractivity contribution in [3.05, 3.63) is 0 Å². The lowest BCUT2D eigenvalue weighted by molar-refractivity contribution is -0.137. The zero-order chi connectivity index (χ0) is 13.1. The van der Waals surface area contributed by atoms with Crippen LogP contribution in [0, 0.1) is 5.92 Å². The van der Waals surface area contributed by atoms with Crippen molar-refractivity contribution >= 4 is 15.7 Å². The molecular formula is C10H20N2O4S. The molecule has 1 fully saturated rings. The molecular weight excluding hydrogens is 244 g/mol. The minimum Gasteiger partial charge on any atom is -0.395 e. The Bertz CT molecular complexity index is 369. The van der Waals surface area contributed by atoms with Gasteiger partial charge in [0.05, 0.1) is 18.1 Å². The van der Waals surface area contributed by atoms with Crippen LogP contribution in [0.4, 0.5) is 0 Å². The zero-order valence-corrected chi connectivity index (χ0v) is 10.8. The number of hydrogen-bond acceptors (Lipinski definition) is 5. The molecule has 1 aliphatic rings. The van der Waals surface area contributed by atoms with Crippen LogP contribution in [0.15, 0.2) is 0 Å². The lowest BCUT2D eigenvalue weighted by Crippen LogP contribution is -2.46. The standard InChI is InChI=1S/C10H20N2O4S/c1-8(6-11)10(14)12(3-4-13)9-2-5-17(15,16)7-9/h8-9,13H,2-7,11H2,1H3. The molecule has 100 valence electrons. The predicted octanol–water partition coefficient (Wildman–Crippen LogP) is -1.41. The van der Waals surface area contributed by atoms with E-state index >= 15 is 0 Å². The van der Waals surface area contributed by atoms with Gasteiger partial charge >= 0.3 is 0 Å². The first-order valence-corrected chi connectivity index (χ1v) is 7.55. The summed E-state index contributed by atoms with van der Waals surface area (Å²) in [6.45, 7) is 1.93. The van der Waals surface area contributed by atoms with Gasteiger partial charge < -0.3 is 15.7 Å². The molecule has 1 saturated heterocycles. The van der Waals surface area contributed by atoms with Crippen LogP contribution in [0.2, 0.25) is 0 Å². The van der Waals surface area contributed by atoms with Gasteiger partial charge in [-0.1, -0.05) is 6.92 Å². The molecule has 0 aromatic heterocycles. The monoisotopic (exact) mass is 264 g/mol. The van der Waals surface area contributed by atoms with E-state index in [1.165, 1.54) is 4.90 Å². The number of aliphatic hydroxyl groups is 1. The molecule has 0 aromatic carbocycles. The van der Waals surface area contributed by atoms with Crippen molar-refractivity contribution in [1.82, 2.24) is 4.90 Å². The van der Waals surface area contributed by atoms with Crippen molar-refractivity contribution in [3.63, 3.8) is 0 Å². The third-order valence-corrected chi connectivity index (χ3v) is 4.80. The van der Waals surface area contributed by atoms with Gasteiger partial charge in [-0.3, -0.25) is 4.79 Å². The van der Waals surface area contributed by atoms with Crippen molar-refractivity contribution in [3.8, 4) is 0 Å². The van der Waals surface area contributed by atoms with Gasteiger partial charge in [-0.15, -0.1) is 0 Å². The van der Waals surface area contributed by atoms with Crippen LogP contribution >= 0.6 is 0 Å². The molecule has 3 N–H and O–H groups in total. The van der Waals surface area contributed by atoms with Gasteiger partial charge in [0.25, 0.3) is 0 Å². The third-order valence-electron chi connectivity index (χ3n) is 3.05. The first-order valence-electron chi connectivity index (χ1n) is 5.73. The van der Waals surface area contributed by atoms with E-state index in [4.69, 9.17) is 10.8 Å². The molecule has 6 nitrogen and oxygen atoms in total. The van der Waals surface area contributed by atoms with E-state index in [1.807, 2.05) is 0 Å². The van der Waals surface area contributed by atoms with Crippen molar-refractivity contribution < 1.29 is 18.3 Å². The van der Waals surface area contributed by atoms with E-state index in [0.29, 0.717) is 6.42 Å². The summed E-state index contributed by atoms with van der Waals surface area (Å²) in [5.41, 5.74) is 5.43. The predicted molar refractivity (Wildman–Crippen MR) is 64.1 cm³/mol. The van der Waals surface area contributed by atoms with Crippen LogP contribution in [0.5, 0.6) is 0 Å². The third kappa shape index (κ3) is 3.65. The van der Waals surface area contributed by atoms with Crippen LogP contribution in [-0.4, -0.2) is 61.6 Å². The number of aliphatic hydroxyl groups excluding tert-OH is 1. The summed E-state index contributed by atoms with van der Waals surface area (Å²) in [4.78, 5) is 13.5. The summed E-state index contributed by atoms with van der Waals surface area (Å²) in [7, 11) is -3.03. The fourth-order valence-corrected chi connectivity index (χ4v) is 3.72. The van der Waals surface area contributed by atoms with Crippen molar-refractivity contribution in [2.45, 2.75) is 19.4 Å². The highest BCUT2D eigenvalue weighted by Crippen LogP contribution is 2.19. The Morgan fingerprint density at radius 1 is 1.59 bits per heavy atom. The van der Waals surface area contributed by atoms with Crippen molar-refractivity contribution in [2.24, 2.45) is 11.7 Å². The lowest BCUT2D eigenvalue weighted by Gasteiger charge is -2.29. The number of nitrogens with two attached hydrogens (primary N) is 1. The van der Waals surface area contributed by atoms with Gasteiger partial charge in [0, 0.05) is 25.0 Å². The summed E-state index contributed by atoms with van der Waals surface area (Å²) in [6, 6.07) is -0.311. The van der Waals surface area contributed by atoms with Gasteiger partial charge in [0.15, 0.2) is 9.84 Å². The molecule has 0 radical (unpaired) electrons. The highest BCUT2D eigenvalue weighted by Gasteiger charge is 2.35. The van der Waals surface area contributed by atoms with Crippen LogP contribution in [-0.2, 0) is 14.6 Å². The van der Waals surface area contributed by atoms with E-state index < -0.39 is 9.84 Å². The van der Waals surface area contributed by atoms with Crippen molar-refractivity contribution in [1.29, 1.82) is 0 Å². The SMILES string of the molecule is CC(CN)C(=O)N(CCO)C1CCS(=O)(=O)C1. The Labute approximate surface area is 102 Å². The average Bonchev–Trinajstić information content (AvgIpc) is 2.64. The Hall–Kier alpha value is -0.660. The van der Waals surface area contributed by atoms with Crippen molar-refractivity contribution in [2.75, 3.05) is 31.2 Å². The second-order valence-corrected chi connectivity index (χ2v) is 6.68. The summed E-state index contributed by atoms with van der Waals surface area (Å²) >= 11 is 0. The molecule has 7 heteroatoms. The number of amides is 1. The first kappa shape index (κ1) is 14.4. The number of sulfone groups is 1. The molecule has 1 heterocycles. The first-order chi connectivity index (χ1) is 7.91. The fourth-order valence-electron chi connectivity index (χ4n) is 1.99. The van der Waals surface area contributed by atoms with Crippen LogP contribution in [0.25, 0.3) is 0 Å². The van der Waals surface area contributed by atoms with Gasteiger partial charge in [-0.2, -0.15) is 0 Å². The number of hydrogen-bond donors (Lipinski definition) is 2. The van der Waals surface area contributed by atoms with Gasteiger partial charge in [0.1, 0.15) is 0 Å². The average molecular weight is 264 g/mol. The quantitative estimate of drug-likeness (QED) is 0.635. The Kier molecular flexibility index (Phi) is 4.91. The van der Waals surface area contributed by atoms with Gasteiger partial charge in [0.2, 0.25) is 5.91 Å². The molecule has 1 aliphatic heterocycles. The van der Waals surface area contributed by atoms with E-state index in [1.54, 1.807) is 6.92 Å².